The van der Waals surface area contributed by atoms with E-state index in [1.807, 2.05) is 19.9 Å². The molecule has 6 heteroatoms. The Balaban J connectivity index is 2.03. The van der Waals surface area contributed by atoms with E-state index in [4.69, 9.17) is 5.73 Å². The number of thioether (sulfide) groups is 1. The predicted octanol–water partition coefficient (Wildman–Crippen LogP) is 1.26. The Morgan fingerprint density at radius 1 is 1.68 bits per heavy atom. The highest BCUT2D eigenvalue weighted by molar-refractivity contribution is 7.99. The monoisotopic (exact) mass is 280 g/mol. The molecule has 0 spiro atoms. The molecule has 2 unspecified atom stereocenters. The van der Waals surface area contributed by atoms with Crippen molar-refractivity contribution < 1.29 is 4.79 Å². The minimum Gasteiger partial charge on any atom is -0.368 e. The van der Waals surface area contributed by atoms with Crippen molar-refractivity contribution in [1.29, 1.82) is 0 Å². The molecule has 1 aliphatic rings. The van der Waals surface area contributed by atoms with Crippen LogP contribution in [0.4, 0.5) is 0 Å². The molecule has 2 rings (SSSR count). The molecule has 0 aliphatic heterocycles. The van der Waals surface area contributed by atoms with Crippen LogP contribution in [-0.2, 0) is 4.79 Å². The van der Waals surface area contributed by atoms with Crippen LogP contribution in [0.1, 0.15) is 31.9 Å². The number of rotatable bonds is 5. The lowest BCUT2D eigenvalue weighted by Crippen LogP contribution is -2.53. The third-order valence-electron chi connectivity index (χ3n) is 3.50. The number of hydrogen-bond donors (Lipinski definition) is 2. The van der Waals surface area contributed by atoms with Gasteiger partial charge in [-0.15, -0.1) is 0 Å². The summed E-state index contributed by atoms with van der Waals surface area (Å²) in [5.74, 6) is -0.248. The number of amides is 1. The predicted molar refractivity (Wildman–Crippen MR) is 75.9 cm³/mol. The fourth-order valence-corrected chi connectivity index (χ4v) is 3.76. The van der Waals surface area contributed by atoms with E-state index < -0.39 is 5.54 Å². The van der Waals surface area contributed by atoms with E-state index in [9.17, 15) is 4.79 Å². The lowest BCUT2D eigenvalue weighted by atomic mass is 9.97. The van der Waals surface area contributed by atoms with Gasteiger partial charge in [0, 0.05) is 17.1 Å². The molecule has 1 heterocycles. The second kappa shape index (κ2) is 5.88. The Morgan fingerprint density at radius 3 is 3.11 bits per heavy atom. The average molecular weight is 280 g/mol. The molecule has 0 aromatic carbocycles. The zero-order chi connectivity index (χ0) is 13.9. The summed E-state index contributed by atoms with van der Waals surface area (Å²) in [6.45, 7) is 4.70. The fourth-order valence-electron chi connectivity index (χ4n) is 2.54. The zero-order valence-corrected chi connectivity index (χ0v) is 12.2. The van der Waals surface area contributed by atoms with Crippen molar-refractivity contribution >= 4 is 17.7 Å². The van der Waals surface area contributed by atoms with Crippen LogP contribution in [0.25, 0.3) is 0 Å². The molecule has 1 aromatic heterocycles. The molecular weight excluding hydrogens is 260 g/mol. The first-order valence-corrected chi connectivity index (χ1v) is 7.45. The summed E-state index contributed by atoms with van der Waals surface area (Å²) < 4.78 is 0. The number of primary amides is 1. The van der Waals surface area contributed by atoms with Crippen molar-refractivity contribution in [2.24, 2.45) is 5.73 Å². The Hall–Kier alpha value is -1.14. The number of nitrogens with zero attached hydrogens (tertiary/aromatic N) is 2. The quantitative estimate of drug-likeness (QED) is 0.794. The van der Waals surface area contributed by atoms with E-state index in [1.165, 1.54) is 0 Å². The maximum Gasteiger partial charge on any atom is 0.237 e. The molecule has 3 N–H and O–H groups in total. The van der Waals surface area contributed by atoms with Crippen LogP contribution in [-0.4, -0.2) is 33.2 Å². The normalized spacial score (nSPS) is 26.5. The largest absolute Gasteiger partial charge is 0.368 e. The van der Waals surface area contributed by atoms with E-state index in [-0.39, 0.29) is 5.91 Å². The SMILES string of the molecule is CCNC1(C(N)=O)CCC(Sc2nccc(C)n2)C1. The summed E-state index contributed by atoms with van der Waals surface area (Å²) in [4.78, 5) is 20.3. The van der Waals surface area contributed by atoms with Crippen LogP contribution in [0.3, 0.4) is 0 Å². The van der Waals surface area contributed by atoms with E-state index in [0.29, 0.717) is 5.25 Å². The highest BCUT2D eigenvalue weighted by Gasteiger charge is 2.43. The summed E-state index contributed by atoms with van der Waals surface area (Å²) in [5.41, 5.74) is 5.97. The molecule has 1 saturated carbocycles. The lowest BCUT2D eigenvalue weighted by molar-refractivity contribution is -0.124. The minimum absolute atomic E-state index is 0.248. The molecule has 0 bridgehead atoms. The maximum absolute atomic E-state index is 11.7. The van der Waals surface area contributed by atoms with Gasteiger partial charge in [-0.3, -0.25) is 4.79 Å². The first kappa shape index (κ1) is 14.3. The molecule has 5 nitrogen and oxygen atoms in total. The Morgan fingerprint density at radius 2 is 2.47 bits per heavy atom. The van der Waals surface area contributed by atoms with Crippen molar-refractivity contribution in [1.82, 2.24) is 15.3 Å². The summed E-state index contributed by atoms with van der Waals surface area (Å²) in [6.07, 6.45) is 4.26. The number of nitrogens with two attached hydrogens (primary N) is 1. The van der Waals surface area contributed by atoms with Gasteiger partial charge in [-0.2, -0.15) is 0 Å². The van der Waals surface area contributed by atoms with Crippen LogP contribution in [0.5, 0.6) is 0 Å². The number of nitrogens with one attached hydrogen (secondary N) is 1. The van der Waals surface area contributed by atoms with Gasteiger partial charge in [0.2, 0.25) is 5.91 Å². The second-order valence-electron chi connectivity index (χ2n) is 4.94. The number of likely N-dealkylation sites (N-methyl/N-ethyl adjacent to an activating group) is 1. The first-order chi connectivity index (χ1) is 9.05. The average Bonchev–Trinajstić information content (AvgIpc) is 2.74. The van der Waals surface area contributed by atoms with Crippen LogP contribution in [0.2, 0.25) is 0 Å². The second-order valence-corrected chi connectivity index (χ2v) is 6.21. The number of aromatic nitrogens is 2. The molecule has 19 heavy (non-hydrogen) atoms. The Labute approximate surface area is 117 Å². The molecule has 0 radical (unpaired) electrons. The molecule has 1 fully saturated rings. The van der Waals surface area contributed by atoms with Crippen LogP contribution in [0.15, 0.2) is 17.4 Å². The summed E-state index contributed by atoms with van der Waals surface area (Å²) in [6, 6.07) is 1.88. The standard InChI is InChI=1S/C13H20N4OS/c1-3-16-13(11(14)18)6-4-10(8-13)19-12-15-7-5-9(2)17-12/h5,7,10,16H,3-4,6,8H2,1-2H3,(H2,14,18). The minimum atomic E-state index is -0.545. The molecular formula is C13H20N4OS. The van der Waals surface area contributed by atoms with Gasteiger partial charge >= 0.3 is 0 Å². The Kier molecular flexibility index (Phi) is 4.42. The van der Waals surface area contributed by atoms with Gasteiger partial charge in [0.05, 0.1) is 5.54 Å². The van der Waals surface area contributed by atoms with Crippen molar-refractivity contribution in [2.75, 3.05) is 6.54 Å². The molecule has 0 saturated heterocycles. The van der Waals surface area contributed by atoms with Gasteiger partial charge in [-0.1, -0.05) is 18.7 Å². The van der Waals surface area contributed by atoms with Crippen LogP contribution >= 0.6 is 11.8 Å². The van der Waals surface area contributed by atoms with Gasteiger partial charge in [0.25, 0.3) is 0 Å². The number of carbonyl (C=O) groups is 1. The van der Waals surface area contributed by atoms with Crippen molar-refractivity contribution in [3.05, 3.63) is 18.0 Å². The third-order valence-corrected chi connectivity index (χ3v) is 4.64. The zero-order valence-electron chi connectivity index (χ0n) is 11.3. The molecule has 1 aromatic rings. The van der Waals surface area contributed by atoms with Crippen LogP contribution < -0.4 is 11.1 Å². The van der Waals surface area contributed by atoms with Gasteiger partial charge in [-0.05, 0) is 38.8 Å². The number of hydrogen-bond acceptors (Lipinski definition) is 5. The van der Waals surface area contributed by atoms with Gasteiger partial charge in [0.15, 0.2) is 5.16 Å². The van der Waals surface area contributed by atoms with Crippen molar-refractivity contribution in [3.8, 4) is 0 Å². The molecule has 104 valence electrons. The van der Waals surface area contributed by atoms with Crippen molar-refractivity contribution in [3.63, 3.8) is 0 Å². The van der Waals surface area contributed by atoms with E-state index in [2.05, 4.69) is 15.3 Å². The molecule has 2 atom stereocenters. The first-order valence-electron chi connectivity index (χ1n) is 6.57. The van der Waals surface area contributed by atoms with Crippen LogP contribution in [0, 0.1) is 6.92 Å². The maximum atomic E-state index is 11.7. The third kappa shape index (κ3) is 3.25. The number of aryl methyl sites for hydroxylation is 1. The smallest absolute Gasteiger partial charge is 0.237 e. The van der Waals surface area contributed by atoms with Gasteiger partial charge in [0.1, 0.15) is 0 Å². The highest BCUT2D eigenvalue weighted by atomic mass is 32.2. The van der Waals surface area contributed by atoms with E-state index >= 15 is 0 Å². The van der Waals surface area contributed by atoms with Gasteiger partial charge < -0.3 is 11.1 Å². The number of carbonyl (C=O) groups excluding carboxylic acids is 1. The lowest BCUT2D eigenvalue weighted by Gasteiger charge is -2.26. The summed E-state index contributed by atoms with van der Waals surface area (Å²) >= 11 is 1.64. The molecule has 1 amide bonds. The Bertz CT molecular complexity index is 468. The van der Waals surface area contributed by atoms with Gasteiger partial charge in [-0.25, -0.2) is 9.97 Å². The topological polar surface area (TPSA) is 80.9 Å². The van der Waals surface area contributed by atoms with E-state index in [0.717, 1.165) is 36.7 Å². The highest BCUT2D eigenvalue weighted by Crippen LogP contribution is 2.39. The van der Waals surface area contributed by atoms with E-state index in [1.54, 1.807) is 18.0 Å². The fraction of sp³-hybridized carbons (Fsp3) is 0.615. The summed E-state index contributed by atoms with van der Waals surface area (Å²) in [5, 5.41) is 4.38. The summed E-state index contributed by atoms with van der Waals surface area (Å²) in [7, 11) is 0. The van der Waals surface area contributed by atoms with Crippen molar-refractivity contribution in [2.45, 2.75) is 49.1 Å². The molecule has 1 aliphatic carbocycles.